The summed E-state index contributed by atoms with van der Waals surface area (Å²) in [7, 11) is 0. The van der Waals surface area contributed by atoms with Crippen LogP contribution >= 0.6 is 0 Å². The van der Waals surface area contributed by atoms with Crippen molar-refractivity contribution in [3.05, 3.63) is 42.4 Å². The predicted molar refractivity (Wildman–Crippen MR) is 104 cm³/mol. The van der Waals surface area contributed by atoms with Crippen molar-refractivity contribution in [1.82, 2.24) is 14.9 Å². The molecule has 6 nitrogen and oxygen atoms in total. The average Bonchev–Trinajstić information content (AvgIpc) is 2.62. The molecular weight excluding hydrogens is 328 g/mol. The molecule has 0 radical (unpaired) electrons. The van der Waals surface area contributed by atoms with Crippen molar-refractivity contribution in [1.29, 1.82) is 0 Å². The van der Waals surface area contributed by atoms with Gasteiger partial charge in [0.05, 0.1) is 6.10 Å². The lowest BCUT2D eigenvalue weighted by Gasteiger charge is -2.21. The SMILES string of the molecule is CCCN(CCC)C(=O)c1cc(Nc2ccc(OC(C)C)cc2)ncn1. The Morgan fingerprint density at radius 1 is 1.12 bits per heavy atom. The molecule has 2 rings (SSSR count). The molecule has 6 heteroatoms. The molecule has 0 unspecified atom stereocenters. The summed E-state index contributed by atoms with van der Waals surface area (Å²) >= 11 is 0. The van der Waals surface area contributed by atoms with Gasteiger partial charge in [-0.2, -0.15) is 0 Å². The van der Waals surface area contributed by atoms with Gasteiger partial charge >= 0.3 is 0 Å². The zero-order valence-electron chi connectivity index (χ0n) is 16.0. The van der Waals surface area contributed by atoms with Crippen LogP contribution in [0.25, 0.3) is 0 Å². The van der Waals surface area contributed by atoms with E-state index >= 15 is 0 Å². The molecule has 1 aromatic carbocycles. The largest absolute Gasteiger partial charge is 0.491 e. The second kappa shape index (κ2) is 9.75. The highest BCUT2D eigenvalue weighted by molar-refractivity contribution is 5.93. The molecule has 0 saturated carbocycles. The Labute approximate surface area is 155 Å². The smallest absolute Gasteiger partial charge is 0.272 e. The second-order valence-corrected chi connectivity index (χ2v) is 6.40. The van der Waals surface area contributed by atoms with E-state index in [-0.39, 0.29) is 12.0 Å². The van der Waals surface area contributed by atoms with Crippen LogP contribution in [0.2, 0.25) is 0 Å². The lowest BCUT2D eigenvalue weighted by atomic mass is 10.2. The Bertz CT molecular complexity index is 695. The minimum absolute atomic E-state index is 0.0557. The van der Waals surface area contributed by atoms with E-state index in [0.717, 1.165) is 37.4 Å². The highest BCUT2D eigenvalue weighted by atomic mass is 16.5. The molecule has 1 amide bonds. The quantitative estimate of drug-likeness (QED) is 0.727. The number of amides is 1. The third-order valence-electron chi connectivity index (χ3n) is 3.66. The minimum atomic E-state index is -0.0557. The van der Waals surface area contributed by atoms with E-state index in [1.54, 1.807) is 6.07 Å². The number of rotatable bonds is 9. The van der Waals surface area contributed by atoms with Crippen LogP contribution in [0.3, 0.4) is 0 Å². The summed E-state index contributed by atoms with van der Waals surface area (Å²) in [4.78, 5) is 22.9. The van der Waals surface area contributed by atoms with Crippen LogP contribution in [-0.2, 0) is 0 Å². The lowest BCUT2D eigenvalue weighted by molar-refractivity contribution is 0.0749. The number of benzene rings is 1. The first-order chi connectivity index (χ1) is 12.5. The third-order valence-corrected chi connectivity index (χ3v) is 3.66. The number of carbonyl (C=O) groups is 1. The van der Waals surface area contributed by atoms with Gasteiger partial charge in [-0.25, -0.2) is 9.97 Å². The molecule has 1 heterocycles. The van der Waals surface area contributed by atoms with Crippen LogP contribution in [0.5, 0.6) is 5.75 Å². The first-order valence-electron chi connectivity index (χ1n) is 9.18. The molecule has 1 N–H and O–H groups in total. The zero-order valence-corrected chi connectivity index (χ0v) is 16.0. The highest BCUT2D eigenvalue weighted by Gasteiger charge is 2.16. The van der Waals surface area contributed by atoms with E-state index in [1.165, 1.54) is 6.33 Å². The standard InChI is InChI=1S/C20H28N4O2/c1-5-11-24(12-6-2)20(25)18-13-19(22-14-21-18)23-16-7-9-17(10-8-16)26-15(3)4/h7-10,13-15H,5-6,11-12H2,1-4H3,(H,21,22,23). The van der Waals surface area contributed by atoms with Crippen LogP contribution in [0.4, 0.5) is 11.5 Å². The van der Waals surface area contributed by atoms with Crippen LogP contribution in [0, 0.1) is 0 Å². The van der Waals surface area contributed by atoms with Crippen molar-refractivity contribution >= 4 is 17.4 Å². The Hall–Kier alpha value is -2.63. The molecule has 0 aliphatic carbocycles. The Morgan fingerprint density at radius 2 is 1.77 bits per heavy atom. The van der Waals surface area contributed by atoms with Gasteiger partial charge in [0, 0.05) is 24.8 Å². The number of hydrogen-bond donors (Lipinski definition) is 1. The molecule has 0 atom stereocenters. The van der Waals surface area contributed by atoms with Crippen LogP contribution in [0.1, 0.15) is 51.0 Å². The topological polar surface area (TPSA) is 67.4 Å². The van der Waals surface area contributed by atoms with Crippen molar-refractivity contribution in [2.75, 3.05) is 18.4 Å². The minimum Gasteiger partial charge on any atom is -0.491 e. The summed E-state index contributed by atoms with van der Waals surface area (Å²) < 4.78 is 5.64. The summed E-state index contributed by atoms with van der Waals surface area (Å²) in [5.74, 6) is 1.35. The first kappa shape index (κ1) is 19.7. The number of nitrogens with zero attached hydrogens (tertiary/aromatic N) is 3. The van der Waals surface area contributed by atoms with Gasteiger partial charge in [0.1, 0.15) is 23.6 Å². The van der Waals surface area contributed by atoms with E-state index in [4.69, 9.17) is 4.74 Å². The molecule has 0 aliphatic heterocycles. The second-order valence-electron chi connectivity index (χ2n) is 6.40. The van der Waals surface area contributed by atoms with Crippen molar-refractivity contribution in [2.45, 2.75) is 46.6 Å². The van der Waals surface area contributed by atoms with E-state index in [1.807, 2.05) is 43.0 Å². The lowest BCUT2D eigenvalue weighted by Crippen LogP contribution is -2.33. The van der Waals surface area contributed by atoms with Crippen molar-refractivity contribution < 1.29 is 9.53 Å². The molecular formula is C20H28N4O2. The van der Waals surface area contributed by atoms with Gasteiger partial charge in [0.15, 0.2) is 0 Å². The number of anilines is 2. The molecule has 0 spiro atoms. The van der Waals surface area contributed by atoms with Gasteiger partial charge in [-0.05, 0) is 51.0 Å². The number of hydrogen-bond acceptors (Lipinski definition) is 5. The summed E-state index contributed by atoms with van der Waals surface area (Å²) in [6, 6.07) is 9.34. The maximum absolute atomic E-state index is 12.7. The Kier molecular flexibility index (Phi) is 7.38. The van der Waals surface area contributed by atoms with Gasteiger partial charge in [-0.1, -0.05) is 13.8 Å². The average molecular weight is 356 g/mol. The molecule has 0 saturated heterocycles. The van der Waals surface area contributed by atoms with Crippen LogP contribution in [0.15, 0.2) is 36.7 Å². The number of ether oxygens (including phenoxy) is 1. The zero-order chi connectivity index (χ0) is 18.9. The summed E-state index contributed by atoms with van der Waals surface area (Å²) in [6.07, 6.45) is 3.40. The summed E-state index contributed by atoms with van der Waals surface area (Å²) in [5.41, 5.74) is 1.28. The van der Waals surface area contributed by atoms with E-state index < -0.39 is 0 Å². The van der Waals surface area contributed by atoms with Gasteiger partial charge in [0.25, 0.3) is 5.91 Å². The maximum Gasteiger partial charge on any atom is 0.272 e. The normalized spacial score (nSPS) is 10.7. The fourth-order valence-corrected chi connectivity index (χ4v) is 2.60. The number of carbonyl (C=O) groups excluding carboxylic acids is 1. The van der Waals surface area contributed by atoms with Gasteiger partial charge < -0.3 is 15.0 Å². The van der Waals surface area contributed by atoms with Crippen LogP contribution in [-0.4, -0.2) is 40.0 Å². The predicted octanol–water partition coefficient (Wildman–Crippen LogP) is 4.27. The van der Waals surface area contributed by atoms with Crippen molar-refractivity contribution in [3.63, 3.8) is 0 Å². The Morgan fingerprint density at radius 3 is 2.35 bits per heavy atom. The molecule has 140 valence electrons. The molecule has 0 aliphatic rings. The third kappa shape index (κ3) is 5.72. The molecule has 1 aromatic heterocycles. The van der Waals surface area contributed by atoms with Crippen molar-refractivity contribution in [3.8, 4) is 5.75 Å². The van der Waals surface area contributed by atoms with Gasteiger partial charge in [-0.3, -0.25) is 4.79 Å². The summed E-state index contributed by atoms with van der Waals surface area (Å²) in [6.45, 7) is 9.58. The number of nitrogens with one attached hydrogen (secondary N) is 1. The van der Waals surface area contributed by atoms with Gasteiger partial charge in [-0.15, -0.1) is 0 Å². The summed E-state index contributed by atoms with van der Waals surface area (Å²) in [5, 5.41) is 3.21. The van der Waals surface area contributed by atoms with E-state index in [2.05, 4.69) is 29.1 Å². The van der Waals surface area contributed by atoms with E-state index in [9.17, 15) is 4.79 Å². The van der Waals surface area contributed by atoms with Crippen LogP contribution < -0.4 is 10.1 Å². The maximum atomic E-state index is 12.7. The van der Waals surface area contributed by atoms with Gasteiger partial charge in [0.2, 0.25) is 0 Å². The van der Waals surface area contributed by atoms with Crippen molar-refractivity contribution in [2.24, 2.45) is 0 Å². The fraction of sp³-hybridized carbons (Fsp3) is 0.450. The van der Waals surface area contributed by atoms with E-state index in [0.29, 0.717) is 11.5 Å². The number of aromatic nitrogens is 2. The Balaban J connectivity index is 2.09. The fourth-order valence-electron chi connectivity index (χ4n) is 2.60. The molecule has 0 bridgehead atoms. The monoisotopic (exact) mass is 356 g/mol. The molecule has 26 heavy (non-hydrogen) atoms. The molecule has 2 aromatic rings. The molecule has 0 fully saturated rings. The highest BCUT2D eigenvalue weighted by Crippen LogP contribution is 2.20. The first-order valence-corrected chi connectivity index (χ1v) is 9.18.